The molecule has 1 aromatic rings. The van der Waals surface area contributed by atoms with Crippen LogP contribution in [-0.4, -0.2) is 62.0 Å². The molecule has 1 heterocycles. The third-order valence-electron chi connectivity index (χ3n) is 3.80. The molecule has 0 bridgehead atoms. The van der Waals surface area contributed by atoms with E-state index in [1.165, 1.54) is 12.1 Å². The van der Waals surface area contributed by atoms with E-state index in [2.05, 4.69) is 0 Å². The Hall–Kier alpha value is -1.89. The highest BCUT2D eigenvalue weighted by atomic mass is 32.2. The van der Waals surface area contributed by atoms with Crippen molar-refractivity contribution in [3.8, 4) is 0 Å². The summed E-state index contributed by atoms with van der Waals surface area (Å²) < 4.78 is 24.1. The highest BCUT2D eigenvalue weighted by Crippen LogP contribution is 2.17. The van der Waals surface area contributed by atoms with Crippen LogP contribution in [0.4, 0.5) is 0 Å². The first kappa shape index (κ1) is 16.5. The molecule has 2 amide bonds. The first-order valence-corrected chi connectivity index (χ1v) is 8.73. The maximum Gasteiger partial charge on any atom is 0.253 e. The Bertz CT molecular complexity index is 645. The van der Waals surface area contributed by atoms with Gasteiger partial charge in [-0.3, -0.25) is 9.59 Å². The monoisotopic (exact) mass is 324 g/mol. The first-order valence-electron chi connectivity index (χ1n) is 7.19. The van der Waals surface area contributed by atoms with Crippen LogP contribution < -0.4 is 0 Å². The molecule has 7 heteroatoms. The molecule has 2 rings (SSSR count). The lowest BCUT2D eigenvalue weighted by atomic mass is 10.2. The Labute approximate surface area is 130 Å². The van der Waals surface area contributed by atoms with Crippen molar-refractivity contribution in [3.05, 3.63) is 29.8 Å². The molecule has 1 saturated heterocycles. The summed E-state index contributed by atoms with van der Waals surface area (Å²) in [5.74, 6) is -0.140. The number of amides is 2. The zero-order chi connectivity index (χ0) is 16.3. The molecule has 22 heavy (non-hydrogen) atoms. The van der Waals surface area contributed by atoms with E-state index in [0.29, 0.717) is 31.7 Å². The third kappa shape index (κ3) is 3.30. The van der Waals surface area contributed by atoms with Crippen LogP contribution in [0.2, 0.25) is 0 Å². The number of piperazine rings is 1. The Morgan fingerprint density at radius 1 is 1.09 bits per heavy atom. The van der Waals surface area contributed by atoms with E-state index in [1.807, 2.05) is 0 Å². The van der Waals surface area contributed by atoms with Crippen LogP contribution in [-0.2, 0) is 14.6 Å². The van der Waals surface area contributed by atoms with E-state index in [4.69, 9.17) is 0 Å². The topological polar surface area (TPSA) is 74.8 Å². The lowest BCUT2D eigenvalue weighted by Crippen LogP contribution is -2.48. The summed E-state index contributed by atoms with van der Waals surface area (Å²) in [5.41, 5.74) is 0.460. The standard InChI is InChI=1S/C15H20N2O4S/c1-12(2)22(20,21)14-5-3-13(4-6-14)15(19)17-9-7-16(11-18)8-10-17/h3-6,11-12H,7-10H2,1-2H3. The fraction of sp³-hybridized carbons (Fsp3) is 0.467. The van der Waals surface area contributed by atoms with Crippen molar-refractivity contribution in [1.29, 1.82) is 0 Å². The number of hydrogen-bond donors (Lipinski definition) is 0. The summed E-state index contributed by atoms with van der Waals surface area (Å²) in [6.07, 6.45) is 0.785. The number of carbonyl (C=O) groups is 2. The maximum atomic E-state index is 12.4. The molecule has 1 fully saturated rings. The summed E-state index contributed by atoms with van der Waals surface area (Å²) in [4.78, 5) is 26.5. The van der Waals surface area contributed by atoms with Gasteiger partial charge in [-0.2, -0.15) is 0 Å². The molecule has 0 aliphatic carbocycles. The van der Waals surface area contributed by atoms with Crippen molar-refractivity contribution in [2.75, 3.05) is 26.2 Å². The highest BCUT2D eigenvalue weighted by molar-refractivity contribution is 7.92. The number of carbonyl (C=O) groups excluding carboxylic acids is 2. The van der Waals surface area contributed by atoms with Crippen molar-refractivity contribution in [3.63, 3.8) is 0 Å². The van der Waals surface area contributed by atoms with Crippen molar-refractivity contribution in [1.82, 2.24) is 9.80 Å². The minimum atomic E-state index is -3.33. The van der Waals surface area contributed by atoms with Gasteiger partial charge in [0.2, 0.25) is 6.41 Å². The van der Waals surface area contributed by atoms with Crippen LogP contribution in [0, 0.1) is 0 Å². The molecule has 120 valence electrons. The summed E-state index contributed by atoms with van der Waals surface area (Å²) >= 11 is 0. The molecule has 1 aliphatic rings. The van der Waals surface area contributed by atoms with Gasteiger partial charge in [-0.15, -0.1) is 0 Å². The molecule has 0 aromatic heterocycles. The predicted octanol–water partition coefficient (Wildman–Crippen LogP) is 0.783. The number of nitrogens with zero attached hydrogens (tertiary/aromatic N) is 2. The highest BCUT2D eigenvalue weighted by Gasteiger charge is 2.23. The Kier molecular flexibility index (Phi) is 4.85. The summed E-state index contributed by atoms with van der Waals surface area (Å²) in [7, 11) is -3.33. The van der Waals surface area contributed by atoms with E-state index < -0.39 is 15.1 Å². The summed E-state index contributed by atoms with van der Waals surface area (Å²) in [5, 5.41) is -0.495. The molecule has 0 atom stereocenters. The van der Waals surface area contributed by atoms with Gasteiger partial charge >= 0.3 is 0 Å². The second kappa shape index (κ2) is 6.48. The number of sulfone groups is 1. The van der Waals surface area contributed by atoms with Crippen molar-refractivity contribution >= 4 is 22.2 Å². The summed E-state index contributed by atoms with van der Waals surface area (Å²) in [6, 6.07) is 6.04. The van der Waals surface area contributed by atoms with Gasteiger partial charge in [0, 0.05) is 31.7 Å². The fourth-order valence-electron chi connectivity index (χ4n) is 2.27. The van der Waals surface area contributed by atoms with E-state index in [-0.39, 0.29) is 10.8 Å². The van der Waals surface area contributed by atoms with E-state index in [0.717, 1.165) is 6.41 Å². The van der Waals surface area contributed by atoms with Gasteiger partial charge in [-0.05, 0) is 38.1 Å². The first-order chi connectivity index (χ1) is 10.4. The second-order valence-corrected chi connectivity index (χ2v) is 8.06. The molecule has 0 saturated carbocycles. The largest absolute Gasteiger partial charge is 0.342 e. The Morgan fingerprint density at radius 2 is 1.64 bits per heavy atom. The average Bonchev–Trinajstić information content (AvgIpc) is 2.54. The smallest absolute Gasteiger partial charge is 0.253 e. The van der Waals surface area contributed by atoms with Crippen molar-refractivity contribution in [2.45, 2.75) is 24.0 Å². The molecule has 0 radical (unpaired) electrons. The Morgan fingerprint density at radius 3 is 2.09 bits per heavy atom. The zero-order valence-electron chi connectivity index (χ0n) is 12.7. The predicted molar refractivity (Wildman–Crippen MR) is 82.3 cm³/mol. The van der Waals surface area contributed by atoms with Gasteiger partial charge in [0.15, 0.2) is 9.84 Å². The lowest BCUT2D eigenvalue weighted by molar-refractivity contribution is -0.119. The van der Waals surface area contributed by atoms with Gasteiger partial charge in [0.05, 0.1) is 10.1 Å². The molecule has 1 aliphatic heterocycles. The van der Waals surface area contributed by atoms with Crippen molar-refractivity contribution in [2.24, 2.45) is 0 Å². The fourth-order valence-corrected chi connectivity index (χ4v) is 3.33. The molecule has 1 aromatic carbocycles. The van der Waals surface area contributed by atoms with Gasteiger partial charge < -0.3 is 9.80 Å². The second-order valence-electron chi connectivity index (χ2n) is 5.55. The van der Waals surface area contributed by atoms with Gasteiger partial charge in [0.25, 0.3) is 5.91 Å². The zero-order valence-corrected chi connectivity index (χ0v) is 13.5. The van der Waals surface area contributed by atoms with Crippen LogP contribution in [0.5, 0.6) is 0 Å². The van der Waals surface area contributed by atoms with Crippen LogP contribution >= 0.6 is 0 Å². The lowest BCUT2D eigenvalue weighted by Gasteiger charge is -2.32. The molecule has 0 unspecified atom stereocenters. The van der Waals surface area contributed by atoms with Crippen LogP contribution in [0.3, 0.4) is 0 Å². The molecular weight excluding hydrogens is 304 g/mol. The van der Waals surface area contributed by atoms with E-state index >= 15 is 0 Å². The third-order valence-corrected chi connectivity index (χ3v) is 5.97. The average molecular weight is 324 g/mol. The van der Waals surface area contributed by atoms with Crippen LogP contribution in [0.1, 0.15) is 24.2 Å². The SMILES string of the molecule is CC(C)S(=O)(=O)c1ccc(C(=O)N2CCN(C=O)CC2)cc1. The number of hydrogen-bond acceptors (Lipinski definition) is 4. The maximum absolute atomic E-state index is 12.4. The number of benzene rings is 1. The van der Waals surface area contributed by atoms with Crippen LogP contribution in [0.25, 0.3) is 0 Å². The summed E-state index contributed by atoms with van der Waals surface area (Å²) in [6.45, 7) is 5.28. The van der Waals surface area contributed by atoms with Crippen LogP contribution in [0.15, 0.2) is 29.2 Å². The minimum absolute atomic E-state index is 0.140. The quantitative estimate of drug-likeness (QED) is 0.767. The van der Waals surface area contributed by atoms with Gasteiger partial charge in [0.1, 0.15) is 0 Å². The normalized spacial score (nSPS) is 16.0. The molecule has 6 nitrogen and oxygen atoms in total. The van der Waals surface area contributed by atoms with Gasteiger partial charge in [-0.25, -0.2) is 8.42 Å². The minimum Gasteiger partial charge on any atom is -0.342 e. The van der Waals surface area contributed by atoms with E-state index in [1.54, 1.807) is 35.8 Å². The molecule has 0 N–H and O–H groups in total. The Balaban J connectivity index is 2.11. The molecular formula is C15H20N2O4S. The van der Waals surface area contributed by atoms with E-state index in [9.17, 15) is 18.0 Å². The van der Waals surface area contributed by atoms with Gasteiger partial charge in [-0.1, -0.05) is 0 Å². The number of rotatable bonds is 4. The molecule has 0 spiro atoms. The van der Waals surface area contributed by atoms with Crippen molar-refractivity contribution < 1.29 is 18.0 Å².